The van der Waals surface area contributed by atoms with Crippen molar-refractivity contribution in [1.29, 1.82) is 0 Å². The van der Waals surface area contributed by atoms with E-state index in [0.29, 0.717) is 19.8 Å². The molecule has 2 rings (SSSR count). The molecular formula is C14H22BrN3O2. The lowest BCUT2D eigenvalue weighted by Gasteiger charge is -2.35. The summed E-state index contributed by atoms with van der Waals surface area (Å²) in [5.41, 5.74) is -0.406. The number of anilines is 1. The van der Waals surface area contributed by atoms with Crippen LogP contribution in [-0.4, -0.2) is 36.3 Å². The lowest BCUT2D eigenvalue weighted by molar-refractivity contribution is -0.117. The van der Waals surface area contributed by atoms with E-state index in [1.54, 1.807) is 6.20 Å². The van der Waals surface area contributed by atoms with Gasteiger partial charge in [-0.05, 0) is 29.3 Å². The highest BCUT2D eigenvalue weighted by Gasteiger charge is 2.38. The molecule has 0 spiro atoms. The van der Waals surface area contributed by atoms with Crippen molar-refractivity contribution < 1.29 is 9.47 Å². The van der Waals surface area contributed by atoms with Gasteiger partial charge >= 0.3 is 0 Å². The molecule has 2 heterocycles. The van der Waals surface area contributed by atoms with Crippen LogP contribution in [0.15, 0.2) is 10.7 Å². The first kappa shape index (κ1) is 15.7. The molecule has 0 unspecified atom stereocenters. The molecule has 112 valence electrons. The van der Waals surface area contributed by atoms with Crippen molar-refractivity contribution in [2.24, 2.45) is 0 Å². The number of nitrogens with one attached hydrogen (secondary N) is 1. The molecule has 0 atom stereocenters. The van der Waals surface area contributed by atoms with E-state index in [0.717, 1.165) is 41.9 Å². The van der Waals surface area contributed by atoms with E-state index in [-0.39, 0.29) is 0 Å². The van der Waals surface area contributed by atoms with Gasteiger partial charge in [0, 0.05) is 45.4 Å². The number of nitrogens with zero attached hydrogens (tertiary/aromatic N) is 2. The molecule has 0 radical (unpaired) electrons. The molecule has 0 bridgehead atoms. The summed E-state index contributed by atoms with van der Waals surface area (Å²) < 4.78 is 12.3. The summed E-state index contributed by atoms with van der Waals surface area (Å²) in [6, 6.07) is 0. The minimum Gasteiger partial charge on any atom is -0.381 e. The van der Waals surface area contributed by atoms with Gasteiger partial charge in [0.2, 0.25) is 0 Å². The molecule has 1 aliphatic heterocycles. The second-order valence-electron chi connectivity index (χ2n) is 4.86. The van der Waals surface area contributed by atoms with Crippen LogP contribution in [0.2, 0.25) is 0 Å². The van der Waals surface area contributed by atoms with E-state index >= 15 is 0 Å². The zero-order valence-corrected chi connectivity index (χ0v) is 13.7. The second kappa shape index (κ2) is 7.33. The molecule has 1 N–H and O–H groups in total. The summed E-state index contributed by atoms with van der Waals surface area (Å²) in [4.78, 5) is 9.16. The zero-order valence-electron chi connectivity index (χ0n) is 12.1. The van der Waals surface area contributed by atoms with Gasteiger partial charge < -0.3 is 14.8 Å². The van der Waals surface area contributed by atoms with Crippen LogP contribution in [-0.2, 0) is 15.1 Å². The predicted molar refractivity (Wildman–Crippen MR) is 81.9 cm³/mol. The van der Waals surface area contributed by atoms with E-state index < -0.39 is 5.60 Å². The summed E-state index contributed by atoms with van der Waals surface area (Å²) in [6.07, 6.45) is 4.46. The van der Waals surface area contributed by atoms with Crippen molar-refractivity contribution in [3.05, 3.63) is 16.5 Å². The molecule has 1 fully saturated rings. The Morgan fingerprint density at radius 1 is 1.40 bits per heavy atom. The first-order chi connectivity index (χ1) is 9.72. The van der Waals surface area contributed by atoms with Crippen molar-refractivity contribution in [1.82, 2.24) is 9.97 Å². The quantitative estimate of drug-likeness (QED) is 0.859. The van der Waals surface area contributed by atoms with Gasteiger partial charge in [0.05, 0.1) is 4.47 Å². The monoisotopic (exact) mass is 343 g/mol. The SMILES string of the molecule is CCCNc1nc(C2(OCC)CCOCC2)ncc1Br. The molecular weight excluding hydrogens is 322 g/mol. The van der Waals surface area contributed by atoms with Crippen LogP contribution in [0.4, 0.5) is 5.82 Å². The number of ether oxygens (including phenoxy) is 2. The van der Waals surface area contributed by atoms with Crippen molar-refractivity contribution in [2.45, 2.75) is 38.7 Å². The van der Waals surface area contributed by atoms with Gasteiger partial charge in [-0.2, -0.15) is 0 Å². The average Bonchev–Trinajstić information content (AvgIpc) is 2.47. The van der Waals surface area contributed by atoms with Crippen LogP contribution in [0.1, 0.15) is 38.9 Å². The molecule has 1 aromatic rings. The standard InChI is InChI=1S/C14H22BrN3O2/c1-3-7-16-12-11(15)10-17-13(18-12)14(20-4-2)5-8-19-9-6-14/h10H,3-9H2,1-2H3,(H,16,17,18). The molecule has 0 aromatic carbocycles. The van der Waals surface area contributed by atoms with Gasteiger partial charge in [0.1, 0.15) is 11.4 Å². The van der Waals surface area contributed by atoms with Gasteiger partial charge in [-0.25, -0.2) is 9.97 Å². The lowest BCUT2D eigenvalue weighted by Crippen LogP contribution is -2.38. The summed E-state index contributed by atoms with van der Waals surface area (Å²) in [7, 11) is 0. The van der Waals surface area contributed by atoms with Crippen molar-refractivity contribution >= 4 is 21.7 Å². The number of hydrogen-bond donors (Lipinski definition) is 1. The Morgan fingerprint density at radius 2 is 2.15 bits per heavy atom. The van der Waals surface area contributed by atoms with E-state index in [9.17, 15) is 0 Å². The highest BCUT2D eigenvalue weighted by Crippen LogP contribution is 2.35. The molecule has 1 aliphatic rings. The van der Waals surface area contributed by atoms with Crippen LogP contribution >= 0.6 is 15.9 Å². The van der Waals surface area contributed by atoms with Crippen LogP contribution in [0, 0.1) is 0 Å². The summed E-state index contributed by atoms with van der Waals surface area (Å²) in [5, 5.41) is 3.32. The van der Waals surface area contributed by atoms with E-state index in [4.69, 9.17) is 9.47 Å². The van der Waals surface area contributed by atoms with Crippen LogP contribution in [0.3, 0.4) is 0 Å². The van der Waals surface area contributed by atoms with Crippen molar-refractivity contribution in [3.63, 3.8) is 0 Å². The zero-order chi connectivity index (χ0) is 14.4. The summed E-state index contributed by atoms with van der Waals surface area (Å²) in [6.45, 7) is 7.06. The topological polar surface area (TPSA) is 56.3 Å². The third-order valence-corrected chi connectivity index (χ3v) is 4.00. The van der Waals surface area contributed by atoms with Gasteiger partial charge in [-0.15, -0.1) is 0 Å². The fourth-order valence-electron chi connectivity index (χ4n) is 2.36. The first-order valence-corrected chi connectivity index (χ1v) is 7.99. The van der Waals surface area contributed by atoms with Gasteiger partial charge in [-0.3, -0.25) is 0 Å². The minimum atomic E-state index is -0.406. The molecule has 5 nitrogen and oxygen atoms in total. The summed E-state index contributed by atoms with van der Waals surface area (Å²) >= 11 is 3.49. The number of rotatable bonds is 6. The maximum Gasteiger partial charge on any atom is 0.162 e. The number of hydrogen-bond acceptors (Lipinski definition) is 5. The van der Waals surface area contributed by atoms with Crippen LogP contribution in [0.5, 0.6) is 0 Å². The molecule has 6 heteroatoms. The largest absolute Gasteiger partial charge is 0.381 e. The Kier molecular flexibility index (Phi) is 5.74. The van der Waals surface area contributed by atoms with Gasteiger partial charge in [0.25, 0.3) is 0 Å². The molecule has 0 saturated carbocycles. The maximum absolute atomic E-state index is 6.01. The smallest absolute Gasteiger partial charge is 0.162 e. The van der Waals surface area contributed by atoms with E-state index in [1.165, 1.54) is 0 Å². The highest BCUT2D eigenvalue weighted by molar-refractivity contribution is 9.10. The average molecular weight is 344 g/mol. The third-order valence-electron chi connectivity index (χ3n) is 3.42. The minimum absolute atomic E-state index is 0.406. The van der Waals surface area contributed by atoms with E-state index in [1.807, 2.05) is 6.92 Å². The second-order valence-corrected chi connectivity index (χ2v) is 5.71. The Morgan fingerprint density at radius 3 is 2.80 bits per heavy atom. The van der Waals surface area contributed by atoms with Crippen molar-refractivity contribution in [2.75, 3.05) is 31.7 Å². The number of halogens is 1. The van der Waals surface area contributed by atoms with Crippen LogP contribution in [0.25, 0.3) is 0 Å². The maximum atomic E-state index is 6.01. The fourth-order valence-corrected chi connectivity index (χ4v) is 2.70. The fraction of sp³-hybridized carbons (Fsp3) is 0.714. The molecule has 1 aromatic heterocycles. The molecule has 1 saturated heterocycles. The lowest BCUT2D eigenvalue weighted by atomic mass is 9.93. The van der Waals surface area contributed by atoms with E-state index in [2.05, 4.69) is 38.1 Å². The number of aromatic nitrogens is 2. The normalized spacial score (nSPS) is 17.9. The molecule has 20 heavy (non-hydrogen) atoms. The first-order valence-electron chi connectivity index (χ1n) is 7.20. The highest BCUT2D eigenvalue weighted by atomic mass is 79.9. The third kappa shape index (κ3) is 3.48. The van der Waals surface area contributed by atoms with Gasteiger partial charge in [0.15, 0.2) is 5.82 Å². The Hall–Kier alpha value is -0.720. The Labute approximate surface area is 128 Å². The van der Waals surface area contributed by atoms with Crippen LogP contribution < -0.4 is 5.32 Å². The molecule has 0 aliphatic carbocycles. The Bertz CT molecular complexity index is 431. The molecule has 0 amide bonds. The van der Waals surface area contributed by atoms with Crippen molar-refractivity contribution in [3.8, 4) is 0 Å². The Balaban J connectivity index is 2.28. The van der Waals surface area contributed by atoms with Gasteiger partial charge in [-0.1, -0.05) is 6.92 Å². The summed E-state index contributed by atoms with van der Waals surface area (Å²) in [5.74, 6) is 1.59. The predicted octanol–water partition coefficient (Wildman–Crippen LogP) is 3.10.